The van der Waals surface area contributed by atoms with Gasteiger partial charge in [-0.2, -0.15) is 10.4 Å². The molecule has 0 unspecified atom stereocenters. The maximum absolute atomic E-state index is 9.85. The molecule has 2 aliphatic rings. The zero-order chi connectivity index (χ0) is 28.6. The predicted octanol–water partition coefficient (Wildman–Crippen LogP) is 5.81. The van der Waals surface area contributed by atoms with Gasteiger partial charge in [0.1, 0.15) is 6.07 Å². The van der Waals surface area contributed by atoms with Crippen LogP contribution in [-0.4, -0.2) is 38.4 Å². The fraction of sp³-hybridized carbons (Fsp3) is 0.367. The molecule has 1 aromatic carbocycles. The zero-order valence-corrected chi connectivity index (χ0v) is 24.4. The van der Waals surface area contributed by atoms with Crippen LogP contribution < -0.4 is 21.6 Å². The van der Waals surface area contributed by atoms with Crippen LogP contribution in [0.25, 0.3) is 22.6 Å². The largest absolute Gasteiger partial charge is 0.383 e. The third kappa shape index (κ3) is 5.79. The quantitative estimate of drug-likeness (QED) is 0.261. The van der Waals surface area contributed by atoms with E-state index in [1.165, 1.54) is 0 Å². The molecule has 1 aliphatic carbocycles. The van der Waals surface area contributed by atoms with Crippen molar-refractivity contribution < 1.29 is 0 Å². The van der Waals surface area contributed by atoms with Crippen molar-refractivity contribution in [1.82, 2.24) is 30.7 Å². The van der Waals surface area contributed by atoms with Crippen LogP contribution in [0.15, 0.2) is 49.1 Å². The predicted molar refractivity (Wildman–Crippen MR) is 163 cm³/mol. The molecule has 5 rings (SSSR count). The molecule has 0 spiro atoms. The molecule has 0 radical (unpaired) electrons. The number of nitrogens with one attached hydrogen (secondary N) is 4. The first kappa shape index (κ1) is 27.6. The summed E-state index contributed by atoms with van der Waals surface area (Å²) in [4.78, 5) is 4.51. The third-order valence-corrected chi connectivity index (χ3v) is 7.17. The van der Waals surface area contributed by atoms with E-state index in [2.05, 4.69) is 76.3 Å². The van der Waals surface area contributed by atoms with Gasteiger partial charge in [-0.05, 0) is 49.0 Å². The van der Waals surface area contributed by atoms with Crippen LogP contribution in [0.1, 0.15) is 57.4 Å². The highest BCUT2D eigenvalue weighted by Crippen LogP contribution is 2.36. The van der Waals surface area contributed by atoms with Crippen LogP contribution in [-0.2, 0) is 7.05 Å². The summed E-state index contributed by atoms with van der Waals surface area (Å²) >= 11 is 6.79. The molecule has 0 bridgehead atoms. The molecule has 3 aromatic rings. The van der Waals surface area contributed by atoms with E-state index in [4.69, 9.17) is 11.6 Å². The first-order valence-electron chi connectivity index (χ1n) is 13.5. The number of anilines is 2. The van der Waals surface area contributed by atoms with E-state index in [0.717, 1.165) is 52.1 Å². The number of aromatic nitrogens is 3. The number of benzene rings is 1. The Bertz CT molecular complexity index is 1550. The van der Waals surface area contributed by atoms with E-state index in [1.54, 1.807) is 10.9 Å². The van der Waals surface area contributed by atoms with Gasteiger partial charge in [-0.15, -0.1) is 5.53 Å². The molecule has 2 aromatic heterocycles. The minimum atomic E-state index is -0.323. The highest BCUT2D eigenvalue weighted by atomic mass is 35.5. The summed E-state index contributed by atoms with van der Waals surface area (Å²) in [5.74, 6) is 0. The van der Waals surface area contributed by atoms with Gasteiger partial charge in [-0.25, -0.2) is 0 Å². The Hall–Kier alpha value is -4.00. The number of rotatable bonds is 9. The maximum atomic E-state index is 9.85. The molecule has 208 valence electrons. The van der Waals surface area contributed by atoms with E-state index < -0.39 is 0 Å². The number of hydrogen-bond acceptors (Lipinski definition) is 8. The van der Waals surface area contributed by atoms with E-state index >= 15 is 0 Å². The van der Waals surface area contributed by atoms with Gasteiger partial charge in [-0.3, -0.25) is 14.7 Å². The molecule has 1 fully saturated rings. The molecular weight excluding hydrogens is 522 g/mol. The first-order chi connectivity index (χ1) is 19.1. The second-order valence-corrected chi connectivity index (χ2v) is 12.0. The van der Waals surface area contributed by atoms with Crippen LogP contribution in [0.3, 0.4) is 0 Å². The van der Waals surface area contributed by atoms with Crippen molar-refractivity contribution in [2.75, 3.05) is 17.2 Å². The number of hydrazine groups is 2. The summed E-state index contributed by atoms with van der Waals surface area (Å²) in [7, 11) is 1.91. The Kier molecular flexibility index (Phi) is 7.49. The molecule has 1 aliphatic heterocycles. The van der Waals surface area contributed by atoms with Crippen LogP contribution in [0.4, 0.5) is 11.4 Å². The van der Waals surface area contributed by atoms with E-state index in [1.807, 2.05) is 44.5 Å². The first-order valence-corrected chi connectivity index (χ1v) is 13.9. The second kappa shape index (κ2) is 10.9. The monoisotopic (exact) mass is 557 g/mol. The molecule has 0 saturated heterocycles. The summed E-state index contributed by atoms with van der Waals surface area (Å²) in [6, 6.07) is 6.31. The molecule has 1 saturated carbocycles. The molecular formula is C30H36ClN9. The van der Waals surface area contributed by atoms with Crippen LogP contribution in [0.5, 0.6) is 0 Å². The number of aryl methyl sites for hydroxylation is 1. The van der Waals surface area contributed by atoms with Crippen molar-refractivity contribution in [2.24, 2.45) is 12.5 Å². The average molecular weight is 558 g/mol. The number of allylic oxidation sites excluding steroid dienone is 1. The number of fused-ring (bicyclic) bond motifs is 1. The van der Waals surface area contributed by atoms with Gasteiger partial charge < -0.3 is 16.1 Å². The van der Waals surface area contributed by atoms with Gasteiger partial charge in [0.2, 0.25) is 0 Å². The lowest BCUT2D eigenvalue weighted by Gasteiger charge is -2.24. The Morgan fingerprint density at radius 2 is 2.12 bits per heavy atom. The number of hydrogen-bond donors (Lipinski definition) is 4. The standard InChI is InChI=1S/C30H36ClN9/c1-7-8-25-23(15-39(6)37-25)18(2)27(26-16-40(38-36-26)21-9-10-21)35-20-11-22-28(34-17-30(3,4)5)19(13-32)14-33-29(22)24(31)12-20/h7-8,11-12,14-16,21,27,35-36,38H,2,9-10,17H2,1,3-6H3,(H,33,34)/b8-7-/t27-/m0/s1. The molecule has 9 nitrogen and oxygen atoms in total. The van der Waals surface area contributed by atoms with Gasteiger partial charge in [0.25, 0.3) is 0 Å². The van der Waals surface area contributed by atoms with E-state index in [-0.39, 0.29) is 11.5 Å². The highest BCUT2D eigenvalue weighted by molar-refractivity contribution is 6.35. The normalized spacial score (nSPS) is 16.1. The molecule has 1 atom stereocenters. The Morgan fingerprint density at radius 3 is 2.80 bits per heavy atom. The summed E-state index contributed by atoms with van der Waals surface area (Å²) in [5.41, 5.74) is 12.8. The van der Waals surface area contributed by atoms with Gasteiger partial charge >= 0.3 is 0 Å². The Balaban J connectivity index is 1.57. The van der Waals surface area contributed by atoms with Crippen molar-refractivity contribution >= 4 is 45.5 Å². The lowest BCUT2D eigenvalue weighted by atomic mass is 9.96. The lowest BCUT2D eigenvalue weighted by molar-refractivity contribution is 0.261. The van der Waals surface area contributed by atoms with Gasteiger partial charge in [0.15, 0.2) is 0 Å². The summed E-state index contributed by atoms with van der Waals surface area (Å²) in [6.45, 7) is 13.6. The van der Waals surface area contributed by atoms with Gasteiger partial charge in [0, 0.05) is 54.9 Å². The Morgan fingerprint density at radius 1 is 1.35 bits per heavy atom. The molecule has 4 N–H and O–H groups in total. The average Bonchev–Trinajstić information content (AvgIpc) is 3.52. The SMILES string of the molecule is C=C(c1cn(C)nc1/C=C\C)[C@H](Nc1cc(Cl)c2ncc(C#N)c(NCC(C)(C)C)c2c1)C1=CN(C2CC2)NN1. The van der Waals surface area contributed by atoms with Crippen molar-refractivity contribution in [1.29, 1.82) is 5.26 Å². The van der Waals surface area contributed by atoms with Crippen LogP contribution >= 0.6 is 11.6 Å². The van der Waals surface area contributed by atoms with Gasteiger partial charge in [0.05, 0.1) is 39.2 Å². The molecule has 0 amide bonds. The zero-order valence-electron chi connectivity index (χ0n) is 23.6. The number of pyridine rings is 1. The minimum absolute atomic E-state index is 0.0141. The van der Waals surface area contributed by atoms with Crippen molar-refractivity contribution in [3.8, 4) is 6.07 Å². The highest BCUT2D eigenvalue weighted by Gasteiger charge is 2.33. The van der Waals surface area contributed by atoms with Crippen LogP contribution in [0, 0.1) is 16.7 Å². The van der Waals surface area contributed by atoms with Crippen molar-refractivity contribution in [3.63, 3.8) is 0 Å². The van der Waals surface area contributed by atoms with E-state index in [9.17, 15) is 5.26 Å². The van der Waals surface area contributed by atoms with E-state index in [0.29, 0.717) is 28.7 Å². The topological polar surface area (TPSA) is 106 Å². The fourth-order valence-corrected chi connectivity index (χ4v) is 4.99. The summed E-state index contributed by atoms with van der Waals surface area (Å²) < 4.78 is 1.80. The fourth-order valence-electron chi connectivity index (χ4n) is 4.72. The van der Waals surface area contributed by atoms with Crippen LogP contribution in [0.2, 0.25) is 5.02 Å². The molecule has 3 heterocycles. The summed E-state index contributed by atoms with van der Waals surface area (Å²) in [5, 5.41) is 25.0. The lowest BCUT2D eigenvalue weighted by Crippen LogP contribution is -2.40. The minimum Gasteiger partial charge on any atom is -0.383 e. The number of nitrogens with zero attached hydrogens (tertiary/aromatic N) is 5. The maximum Gasteiger partial charge on any atom is 0.103 e. The van der Waals surface area contributed by atoms with Crippen molar-refractivity contribution in [3.05, 3.63) is 70.9 Å². The smallest absolute Gasteiger partial charge is 0.103 e. The van der Waals surface area contributed by atoms with Gasteiger partial charge in [-0.1, -0.05) is 45.0 Å². The molecule has 40 heavy (non-hydrogen) atoms. The second-order valence-electron chi connectivity index (χ2n) is 11.6. The third-order valence-electron chi connectivity index (χ3n) is 6.89. The van der Waals surface area contributed by atoms with Crippen molar-refractivity contribution in [2.45, 2.75) is 52.6 Å². The Labute approximate surface area is 240 Å². The summed E-state index contributed by atoms with van der Waals surface area (Å²) in [6.07, 6.45) is 11.9. The number of halogens is 1. The molecule has 10 heteroatoms. The number of nitriles is 1.